The van der Waals surface area contributed by atoms with Crippen LogP contribution in [0.1, 0.15) is 16.7 Å². The van der Waals surface area contributed by atoms with Crippen molar-refractivity contribution in [2.75, 3.05) is 6.61 Å². The highest BCUT2D eigenvalue weighted by Gasteiger charge is 2.01. The van der Waals surface area contributed by atoms with E-state index in [4.69, 9.17) is 4.74 Å². The zero-order valence-corrected chi connectivity index (χ0v) is 13.8. The average Bonchev–Trinajstić information content (AvgIpc) is 2.58. The quantitative estimate of drug-likeness (QED) is 0.597. The van der Waals surface area contributed by atoms with Gasteiger partial charge in [0.05, 0.1) is 6.61 Å². The molecule has 0 saturated heterocycles. The lowest BCUT2D eigenvalue weighted by atomic mass is 9.99. The molecule has 0 saturated carbocycles. The largest absolute Gasteiger partial charge is 0.493 e. The molecule has 0 radical (unpaired) electrons. The lowest BCUT2D eigenvalue weighted by Gasteiger charge is -2.09. The first-order valence-corrected chi connectivity index (χ1v) is 8.07. The molecule has 1 nitrogen and oxygen atoms in total. The number of benzene rings is 3. The summed E-state index contributed by atoms with van der Waals surface area (Å²) in [4.78, 5) is 0. The summed E-state index contributed by atoms with van der Waals surface area (Å²) in [6.07, 6.45) is 0.919. The predicted octanol–water partition coefficient (Wildman–Crippen LogP) is 5.59. The number of rotatable bonds is 5. The van der Waals surface area contributed by atoms with Gasteiger partial charge in [-0.25, -0.2) is 0 Å². The van der Waals surface area contributed by atoms with Gasteiger partial charge in [-0.3, -0.25) is 0 Å². The Hall–Kier alpha value is -2.54. The van der Waals surface area contributed by atoms with Gasteiger partial charge in [-0.05, 0) is 48.2 Å². The maximum atomic E-state index is 5.80. The first kappa shape index (κ1) is 15.4. The fourth-order valence-electron chi connectivity index (χ4n) is 2.67. The van der Waals surface area contributed by atoms with Gasteiger partial charge in [-0.15, -0.1) is 0 Å². The lowest BCUT2D eigenvalue weighted by Crippen LogP contribution is -2.01. The fourth-order valence-corrected chi connectivity index (χ4v) is 2.67. The molecule has 0 amide bonds. The van der Waals surface area contributed by atoms with Crippen molar-refractivity contribution in [2.45, 2.75) is 20.3 Å². The molecule has 0 aliphatic carbocycles. The third-order valence-corrected chi connectivity index (χ3v) is 4.09. The molecule has 0 atom stereocenters. The molecule has 1 heteroatoms. The molecule has 0 N–H and O–H groups in total. The van der Waals surface area contributed by atoms with Crippen molar-refractivity contribution in [1.82, 2.24) is 0 Å². The molecule has 0 heterocycles. The van der Waals surface area contributed by atoms with Crippen molar-refractivity contribution in [2.24, 2.45) is 0 Å². The Kier molecular flexibility index (Phi) is 4.77. The van der Waals surface area contributed by atoms with Crippen LogP contribution in [0.5, 0.6) is 5.75 Å². The molecule has 116 valence electrons. The Balaban J connectivity index is 1.59. The minimum atomic E-state index is 0.701. The maximum Gasteiger partial charge on any atom is 0.119 e. The molecule has 23 heavy (non-hydrogen) atoms. The van der Waals surface area contributed by atoms with E-state index < -0.39 is 0 Å². The van der Waals surface area contributed by atoms with Crippen molar-refractivity contribution in [3.63, 3.8) is 0 Å². The zero-order valence-electron chi connectivity index (χ0n) is 13.8. The van der Waals surface area contributed by atoms with Crippen LogP contribution >= 0.6 is 0 Å². The SMILES string of the molecule is Cc1ccc(OCCc2ccc(-c3ccccc3C)cc2)cc1. The molecule has 3 rings (SSSR count). The Morgan fingerprint density at radius 2 is 1.43 bits per heavy atom. The summed E-state index contributed by atoms with van der Waals surface area (Å²) in [5, 5.41) is 0. The van der Waals surface area contributed by atoms with Crippen LogP contribution in [0.25, 0.3) is 11.1 Å². The minimum Gasteiger partial charge on any atom is -0.493 e. The van der Waals surface area contributed by atoms with Crippen molar-refractivity contribution < 1.29 is 4.74 Å². The highest BCUT2D eigenvalue weighted by atomic mass is 16.5. The van der Waals surface area contributed by atoms with Crippen LogP contribution in [-0.4, -0.2) is 6.61 Å². The van der Waals surface area contributed by atoms with Gasteiger partial charge < -0.3 is 4.74 Å². The molecular formula is C22H22O. The average molecular weight is 302 g/mol. The van der Waals surface area contributed by atoms with E-state index in [-0.39, 0.29) is 0 Å². The van der Waals surface area contributed by atoms with Crippen LogP contribution in [0.3, 0.4) is 0 Å². The number of ether oxygens (including phenoxy) is 1. The Labute approximate surface area is 138 Å². The third kappa shape index (κ3) is 4.01. The summed E-state index contributed by atoms with van der Waals surface area (Å²) in [5.41, 5.74) is 6.43. The molecule has 0 spiro atoms. The molecule has 0 aliphatic rings. The summed E-state index contributed by atoms with van der Waals surface area (Å²) in [7, 11) is 0. The van der Waals surface area contributed by atoms with E-state index in [2.05, 4.69) is 74.5 Å². The molecule has 0 bridgehead atoms. The summed E-state index contributed by atoms with van der Waals surface area (Å²) in [6.45, 7) is 4.94. The number of aryl methyl sites for hydroxylation is 2. The van der Waals surface area contributed by atoms with E-state index in [1.165, 1.54) is 27.8 Å². The van der Waals surface area contributed by atoms with E-state index in [9.17, 15) is 0 Å². The molecule has 3 aromatic carbocycles. The molecule has 3 aromatic rings. The van der Waals surface area contributed by atoms with Gasteiger partial charge in [-0.2, -0.15) is 0 Å². The third-order valence-electron chi connectivity index (χ3n) is 4.09. The van der Waals surface area contributed by atoms with Crippen LogP contribution in [0, 0.1) is 13.8 Å². The molecule has 0 fully saturated rings. The van der Waals surface area contributed by atoms with Gasteiger partial charge in [0, 0.05) is 6.42 Å². The smallest absolute Gasteiger partial charge is 0.119 e. The van der Waals surface area contributed by atoms with E-state index in [1.54, 1.807) is 0 Å². The van der Waals surface area contributed by atoms with Gasteiger partial charge in [-0.1, -0.05) is 66.2 Å². The van der Waals surface area contributed by atoms with Gasteiger partial charge in [0.25, 0.3) is 0 Å². The topological polar surface area (TPSA) is 9.23 Å². The van der Waals surface area contributed by atoms with Crippen molar-refractivity contribution in [3.8, 4) is 16.9 Å². The van der Waals surface area contributed by atoms with Crippen molar-refractivity contribution in [3.05, 3.63) is 89.5 Å². The Bertz CT molecular complexity index is 755. The molecule has 0 aliphatic heterocycles. The second-order valence-electron chi connectivity index (χ2n) is 5.92. The summed E-state index contributed by atoms with van der Waals surface area (Å²) >= 11 is 0. The molecular weight excluding hydrogens is 280 g/mol. The maximum absolute atomic E-state index is 5.80. The molecule has 0 aromatic heterocycles. The standard InChI is InChI=1S/C22H22O/c1-17-7-13-21(14-8-17)23-16-15-19-9-11-20(12-10-19)22-6-4-3-5-18(22)2/h3-14H,15-16H2,1-2H3. The summed E-state index contributed by atoms with van der Waals surface area (Å²) < 4.78 is 5.80. The van der Waals surface area contributed by atoms with Crippen molar-refractivity contribution in [1.29, 1.82) is 0 Å². The van der Waals surface area contributed by atoms with E-state index in [1.807, 2.05) is 12.1 Å². The van der Waals surface area contributed by atoms with Crippen LogP contribution in [0.15, 0.2) is 72.8 Å². The van der Waals surface area contributed by atoms with Crippen LogP contribution in [0.4, 0.5) is 0 Å². The highest BCUT2D eigenvalue weighted by Crippen LogP contribution is 2.23. The minimum absolute atomic E-state index is 0.701. The number of hydrogen-bond donors (Lipinski definition) is 0. The second kappa shape index (κ2) is 7.15. The van der Waals surface area contributed by atoms with E-state index >= 15 is 0 Å². The first-order valence-electron chi connectivity index (χ1n) is 8.07. The van der Waals surface area contributed by atoms with Crippen molar-refractivity contribution >= 4 is 0 Å². The van der Waals surface area contributed by atoms with Crippen LogP contribution < -0.4 is 4.74 Å². The van der Waals surface area contributed by atoms with Crippen LogP contribution in [0.2, 0.25) is 0 Å². The second-order valence-corrected chi connectivity index (χ2v) is 5.92. The van der Waals surface area contributed by atoms with Gasteiger partial charge >= 0.3 is 0 Å². The van der Waals surface area contributed by atoms with Crippen LogP contribution in [-0.2, 0) is 6.42 Å². The number of hydrogen-bond acceptors (Lipinski definition) is 1. The fraction of sp³-hybridized carbons (Fsp3) is 0.182. The Morgan fingerprint density at radius 3 is 2.13 bits per heavy atom. The summed E-state index contributed by atoms with van der Waals surface area (Å²) in [6, 6.07) is 25.5. The predicted molar refractivity (Wildman–Crippen MR) is 97.0 cm³/mol. The van der Waals surface area contributed by atoms with Gasteiger partial charge in [0.1, 0.15) is 5.75 Å². The Morgan fingerprint density at radius 1 is 0.739 bits per heavy atom. The zero-order chi connectivity index (χ0) is 16.1. The monoisotopic (exact) mass is 302 g/mol. The van der Waals surface area contributed by atoms with Gasteiger partial charge in [0.15, 0.2) is 0 Å². The highest BCUT2D eigenvalue weighted by molar-refractivity contribution is 5.67. The normalized spacial score (nSPS) is 10.5. The van der Waals surface area contributed by atoms with E-state index in [0.29, 0.717) is 6.61 Å². The first-order chi connectivity index (χ1) is 11.2. The van der Waals surface area contributed by atoms with E-state index in [0.717, 1.165) is 12.2 Å². The summed E-state index contributed by atoms with van der Waals surface area (Å²) in [5.74, 6) is 0.937. The van der Waals surface area contributed by atoms with Gasteiger partial charge in [0.2, 0.25) is 0 Å². The lowest BCUT2D eigenvalue weighted by molar-refractivity contribution is 0.322. The molecule has 0 unspecified atom stereocenters.